The lowest BCUT2D eigenvalue weighted by molar-refractivity contribution is -0.133. The van der Waals surface area contributed by atoms with E-state index >= 15 is 0 Å². The van der Waals surface area contributed by atoms with E-state index in [1.807, 2.05) is 12.3 Å². The van der Waals surface area contributed by atoms with Crippen LogP contribution in [0.1, 0.15) is 70.9 Å². The van der Waals surface area contributed by atoms with E-state index in [1.165, 1.54) is 38.5 Å². The molecule has 1 atom stereocenters. The number of H-pyrrole nitrogens is 1. The number of piperidine rings is 1. The average molecular weight is 441 g/mol. The van der Waals surface area contributed by atoms with Crippen LogP contribution in [0.15, 0.2) is 12.3 Å². The van der Waals surface area contributed by atoms with Crippen LogP contribution in [0.5, 0.6) is 0 Å². The summed E-state index contributed by atoms with van der Waals surface area (Å²) in [5, 5.41) is 12.4. The zero-order valence-electron chi connectivity index (χ0n) is 19.9. The Kier molecular flexibility index (Phi) is 8.00. The van der Waals surface area contributed by atoms with Gasteiger partial charge in [-0.3, -0.25) is 9.89 Å². The Morgan fingerprint density at radius 2 is 2.00 bits per heavy atom. The molecule has 1 unspecified atom stereocenters. The maximum Gasteiger partial charge on any atom is 0.222 e. The quantitative estimate of drug-likeness (QED) is 0.611. The number of carbonyl (C=O) groups is 1. The number of pyridine rings is 1. The minimum absolute atomic E-state index is 0.266. The lowest BCUT2D eigenvalue weighted by Crippen LogP contribution is -2.43. The summed E-state index contributed by atoms with van der Waals surface area (Å²) in [6.45, 7) is 9.50. The van der Waals surface area contributed by atoms with Gasteiger partial charge in [0.2, 0.25) is 5.91 Å². The molecule has 2 aromatic heterocycles. The van der Waals surface area contributed by atoms with E-state index in [4.69, 9.17) is 0 Å². The zero-order valence-corrected chi connectivity index (χ0v) is 19.9. The molecule has 0 spiro atoms. The number of nitrogens with zero attached hydrogens (tertiary/aromatic N) is 4. The second-order valence-corrected chi connectivity index (χ2v) is 9.57. The van der Waals surface area contributed by atoms with Crippen molar-refractivity contribution in [3.63, 3.8) is 0 Å². The predicted octanol–water partition coefficient (Wildman–Crippen LogP) is 4.22. The van der Waals surface area contributed by atoms with Gasteiger partial charge < -0.3 is 15.1 Å². The Balaban J connectivity index is 1.37. The first kappa shape index (κ1) is 23.0. The first-order valence-corrected chi connectivity index (χ1v) is 12.8. The summed E-state index contributed by atoms with van der Waals surface area (Å²) in [5.74, 6) is 1.78. The number of fused-ring (bicyclic) bond motifs is 1. The number of hydrogen-bond donors (Lipinski definition) is 2. The van der Waals surface area contributed by atoms with E-state index in [-0.39, 0.29) is 5.91 Å². The van der Waals surface area contributed by atoms with Crippen molar-refractivity contribution in [1.82, 2.24) is 25.0 Å². The Morgan fingerprint density at radius 1 is 1.19 bits per heavy atom. The Morgan fingerprint density at radius 3 is 2.78 bits per heavy atom. The molecule has 1 aliphatic heterocycles. The number of aryl methyl sites for hydroxylation is 1. The molecule has 176 valence electrons. The van der Waals surface area contributed by atoms with Crippen LogP contribution in [0.25, 0.3) is 10.9 Å². The maximum absolute atomic E-state index is 13.0. The third-order valence-electron chi connectivity index (χ3n) is 7.36. The van der Waals surface area contributed by atoms with Crippen LogP contribution in [0.4, 0.5) is 5.82 Å². The lowest BCUT2D eigenvalue weighted by atomic mass is 9.95. The third kappa shape index (κ3) is 5.61. The molecule has 32 heavy (non-hydrogen) atoms. The number of aromatic amines is 1. The maximum atomic E-state index is 13.0. The Hall–Kier alpha value is -2.15. The molecule has 1 saturated carbocycles. The molecule has 7 nitrogen and oxygen atoms in total. The monoisotopic (exact) mass is 440 g/mol. The molecule has 4 rings (SSSR count). The summed E-state index contributed by atoms with van der Waals surface area (Å²) < 4.78 is 0. The number of likely N-dealkylation sites (tertiary alicyclic amines) is 1. The molecule has 2 fully saturated rings. The van der Waals surface area contributed by atoms with E-state index < -0.39 is 0 Å². The summed E-state index contributed by atoms with van der Waals surface area (Å²) in [7, 11) is 0. The van der Waals surface area contributed by atoms with Crippen molar-refractivity contribution in [3.8, 4) is 0 Å². The van der Waals surface area contributed by atoms with Gasteiger partial charge in [0.05, 0.1) is 10.9 Å². The van der Waals surface area contributed by atoms with E-state index in [0.717, 1.165) is 61.6 Å². The van der Waals surface area contributed by atoms with Crippen molar-refractivity contribution in [2.45, 2.75) is 77.7 Å². The van der Waals surface area contributed by atoms with E-state index in [2.05, 4.69) is 44.1 Å². The Bertz CT molecular complexity index is 870. The largest absolute Gasteiger partial charge is 0.367 e. The van der Waals surface area contributed by atoms with Gasteiger partial charge in [0.25, 0.3) is 0 Å². The normalized spacial score (nSPS) is 20.2. The van der Waals surface area contributed by atoms with Gasteiger partial charge in [0.15, 0.2) is 0 Å². The van der Waals surface area contributed by atoms with Crippen LogP contribution in [0.2, 0.25) is 0 Å². The molecule has 2 aromatic rings. The summed E-state index contributed by atoms with van der Waals surface area (Å²) in [5.41, 5.74) is 1.95. The van der Waals surface area contributed by atoms with Gasteiger partial charge in [-0.15, -0.1) is 0 Å². The fourth-order valence-corrected chi connectivity index (χ4v) is 5.43. The first-order chi connectivity index (χ1) is 15.7. The lowest BCUT2D eigenvalue weighted by Gasteiger charge is -2.35. The molecule has 0 radical (unpaired) electrons. The highest BCUT2D eigenvalue weighted by Gasteiger charge is 2.25. The van der Waals surface area contributed by atoms with Gasteiger partial charge >= 0.3 is 0 Å². The van der Waals surface area contributed by atoms with E-state index in [0.29, 0.717) is 24.8 Å². The molecule has 1 saturated heterocycles. The number of hydrogen-bond acceptors (Lipinski definition) is 5. The van der Waals surface area contributed by atoms with Crippen molar-refractivity contribution < 1.29 is 4.79 Å². The summed E-state index contributed by atoms with van der Waals surface area (Å²) in [6, 6.07) is 2.44. The number of rotatable bonds is 9. The highest BCUT2D eigenvalue weighted by Crippen LogP contribution is 2.28. The fraction of sp³-hybridized carbons (Fsp3) is 0.720. The molecule has 3 heterocycles. The highest BCUT2D eigenvalue weighted by molar-refractivity contribution is 5.92. The van der Waals surface area contributed by atoms with E-state index in [9.17, 15) is 4.79 Å². The fourth-order valence-electron chi connectivity index (χ4n) is 5.43. The van der Waals surface area contributed by atoms with Gasteiger partial charge in [0.1, 0.15) is 5.82 Å². The molecule has 0 bridgehead atoms. The molecule has 1 amide bonds. The number of aromatic nitrogens is 3. The van der Waals surface area contributed by atoms with E-state index in [1.54, 1.807) is 0 Å². The molecule has 2 aliphatic rings. The van der Waals surface area contributed by atoms with Crippen LogP contribution in [0, 0.1) is 5.92 Å². The van der Waals surface area contributed by atoms with Gasteiger partial charge in [-0.1, -0.05) is 33.1 Å². The molecular formula is C25H40N6O. The number of nitrogens with one attached hydrogen (secondary N) is 2. The van der Waals surface area contributed by atoms with Crippen molar-refractivity contribution in [3.05, 3.63) is 18.0 Å². The van der Waals surface area contributed by atoms with Crippen LogP contribution < -0.4 is 5.32 Å². The predicted molar refractivity (Wildman–Crippen MR) is 130 cm³/mol. The average Bonchev–Trinajstić information content (AvgIpc) is 3.26. The second-order valence-electron chi connectivity index (χ2n) is 9.57. The summed E-state index contributed by atoms with van der Waals surface area (Å²) in [4.78, 5) is 22.3. The Labute approximate surface area is 192 Å². The van der Waals surface area contributed by atoms with Crippen LogP contribution >= 0.6 is 0 Å². The zero-order chi connectivity index (χ0) is 22.3. The van der Waals surface area contributed by atoms with Crippen LogP contribution in [-0.2, 0) is 11.2 Å². The van der Waals surface area contributed by atoms with Crippen molar-refractivity contribution in [2.75, 3.05) is 38.0 Å². The molecule has 0 aromatic carbocycles. The second kappa shape index (κ2) is 11.1. The van der Waals surface area contributed by atoms with Crippen LogP contribution in [-0.4, -0.2) is 69.7 Å². The summed E-state index contributed by atoms with van der Waals surface area (Å²) in [6.07, 6.45) is 11.7. The van der Waals surface area contributed by atoms with Gasteiger partial charge in [-0.05, 0) is 57.2 Å². The molecular weight excluding hydrogens is 400 g/mol. The number of carbonyl (C=O) groups excluding carboxylic acids is 1. The van der Waals surface area contributed by atoms with Gasteiger partial charge in [-0.2, -0.15) is 5.10 Å². The standard InChI is InChI=1S/C25H40N6O/c1-3-30(4-2)17-19-9-8-16-31(18-19)23(32)13-12-21-24-22(29-28-21)14-15-26-25(24)27-20-10-6-5-7-11-20/h14-15,19-20H,3-13,16-18H2,1-2H3,(H,26,27)(H,28,29). The van der Waals surface area contributed by atoms with Crippen molar-refractivity contribution >= 4 is 22.6 Å². The molecule has 1 aliphatic carbocycles. The smallest absolute Gasteiger partial charge is 0.222 e. The van der Waals surface area contributed by atoms with Crippen LogP contribution in [0.3, 0.4) is 0 Å². The minimum Gasteiger partial charge on any atom is -0.367 e. The summed E-state index contributed by atoms with van der Waals surface area (Å²) >= 11 is 0. The van der Waals surface area contributed by atoms with Gasteiger partial charge in [-0.25, -0.2) is 4.98 Å². The molecule has 7 heteroatoms. The SMILES string of the molecule is CCN(CC)CC1CCCN(C(=O)CCc2[nH]nc3ccnc(NC4CCCCC4)c23)C1. The minimum atomic E-state index is 0.266. The van der Waals surface area contributed by atoms with Crippen molar-refractivity contribution in [2.24, 2.45) is 5.92 Å². The van der Waals surface area contributed by atoms with Crippen molar-refractivity contribution in [1.29, 1.82) is 0 Å². The number of anilines is 1. The first-order valence-electron chi connectivity index (χ1n) is 12.8. The highest BCUT2D eigenvalue weighted by atomic mass is 16.2. The molecule has 2 N–H and O–H groups in total. The van der Waals surface area contributed by atoms with Gasteiger partial charge in [0, 0.05) is 44.0 Å². The topological polar surface area (TPSA) is 77.2 Å². The third-order valence-corrected chi connectivity index (χ3v) is 7.36. The number of amides is 1.